The van der Waals surface area contributed by atoms with Crippen LogP contribution in [0.5, 0.6) is 5.75 Å². The first-order valence-electron chi connectivity index (χ1n) is 13.2. The van der Waals surface area contributed by atoms with E-state index in [1.165, 1.54) is 0 Å². The van der Waals surface area contributed by atoms with Crippen LogP contribution in [0.25, 0.3) is 16.6 Å². The molecule has 1 aromatic carbocycles. The second-order valence-electron chi connectivity index (χ2n) is 10.1. The van der Waals surface area contributed by atoms with Crippen LogP contribution in [0.4, 0.5) is 0 Å². The highest BCUT2D eigenvalue weighted by Gasteiger charge is 2.40. The number of benzene rings is 1. The van der Waals surface area contributed by atoms with Gasteiger partial charge in [-0.15, -0.1) is 0 Å². The molecule has 36 heavy (non-hydrogen) atoms. The quantitative estimate of drug-likeness (QED) is 0.460. The maximum Gasteiger partial charge on any atom is 0.147 e. The van der Waals surface area contributed by atoms with Gasteiger partial charge in [0.1, 0.15) is 17.0 Å². The van der Waals surface area contributed by atoms with Crippen LogP contribution in [-0.2, 0) is 11.3 Å². The third-order valence-corrected chi connectivity index (χ3v) is 6.67. The molecule has 0 aliphatic carbocycles. The molecule has 3 aliphatic rings. The Balaban J connectivity index is 0.000000861. The fourth-order valence-electron chi connectivity index (χ4n) is 4.83. The summed E-state index contributed by atoms with van der Waals surface area (Å²) >= 11 is 0. The maximum absolute atomic E-state index is 10.1. The zero-order valence-corrected chi connectivity index (χ0v) is 23.1. The number of aliphatic hydroxyl groups excluding tert-OH is 1. The van der Waals surface area contributed by atoms with Crippen LogP contribution in [-0.4, -0.2) is 45.6 Å². The van der Waals surface area contributed by atoms with Crippen molar-refractivity contribution in [2.75, 3.05) is 19.8 Å². The monoisotopic (exact) mass is 493 g/mol. The molecule has 1 aromatic heterocycles. The van der Waals surface area contributed by atoms with E-state index in [2.05, 4.69) is 49.6 Å². The number of ether oxygens (including phenoxy) is 2. The van der Waals surface area contributed by atoms with Crippen LogP contribution < -0.4 is 4.74 Å². The van der Waals surface area contributed by atoms with Crippen molar-refractivity contribution in [3.8, 4) is 5.75 Å². The number of rotatable bonds is 4. The summed E-state index contributed by atoms with van der Waals surface area (Å²) in [7, 11) is 0. The van der Waals surface area contributed by atoms with Crippen molar-refractivity contribution in [1.29, 1.82) is 0 Å². The summed E-state index contributed by atoms with van der Waals surface area (Å²) in [5, 5.41) is 16.2. The Hall–Kier alpha value is -2.99. The molecule has 4 heterocycles. The van der Waals surface area contributed by atoms with Gasteiger partial charge in [-0.25, -0.2) is 0 Å². The van der Waals surface area contributed by atoms with Gasteiger partial charge in [-0.05, 0) is 29.6 Å². The first-order chi connectivity index (χ1) is 17.2. The predicted molar refractivity (Wildman–Crippen MR) is 149 cm³/mol. The van der Waals surface area contributed by atoms with Crippen molar-refractivity contribution in [3.05, 3.63) is 66.2 Å². The van der Waals surface area contributed by atoms with E-state index in [1.54, 1.807) is 0 Å². The van der Waals surface area contributed by atoms with Crippen LogP contribution in [0.3, 0.4) is 0 Å². The molecule has 0 amide bonds. The fourth-order valence-corrected chi connectivity index (χ4v) is 4.83. The molecule has 6 nitrogen and oxygen atoms in total. The molecule has 0 bridgehead atoms. The molecule has 2 unspecified atom stereocenters. The molecule has 2 aromatic rings. The van der Waals surface area contributed by atoms with E-state index in [0.717, 1.165) is 59.8 Å². The summed E-state index contributed by atoms with van der Waals surface area (Å²) in [5.41, 5.74) is 4.36. The summed E-state index contributed by atoms with van der Waals surface area (Å²) in [5.74, 6) is 1.28. The van der Waals surface area contributed by atoms with Crippen molar-refractivity contribution in [2.45, 2.75) is 67.5 Å². The van der Waals surface area contributed by atoms with Crippen LogP contribution in [0.1, 0.15) is 60.6 Å². The first-order valence-corrected chi connectivity index (χ1v) is 13.2. The van der Waals surface area contributed by atoms with Gasteiger partial charge in [0, 0.05) is 29.7 Å². The fraction of sp³-hybridized carbons (Fsp3) is 0.500. The minimum atomic E-state index is -0.0200. The van der Waals surface area contributed by atoms with Crippen LogP contribution in [0, 0.1) is 11.3 Å². The van der Waals surface area contributed by atoms with Crippen LogP contribution >= 0.6 is 0 Å². The number of fused-ring (bicyclic) bond motifs is 5. The highest BCUT2D eigenvalue weighted by molar-refractivity contribution is 5.95. The minimum Gasteiger partial charge on any atom is -0.508 e. The Morgan fingerprint density at radius 3 is 2.56 bits per heavy atom. The second kappa shape index (κ2) is 11.4. The molecule has 3 aliphatic heterocycles. The Labute approximate surface area is 216 Å². The zero-order chi connectivity index (χ0) is 26.6. The lowest BCUT2D eigenvalue weighted by atomic mass is 9.82. The smallest absolute Gasteiger partial charge is 0.147 e. The Kier molecular flexibility index (Phi) is 8.72. The number of nitrogens with zero attached hydrogens (tertiary/aromatic N) is 3. The largest absolute Gasteiger partial charge is 0.508 e. The van der Waals surface area contributed by atoms with Crippen LogP contribution in [0.15, 0.2) is 60.5 Å². The minimum absolute atomic E-state index is 0.0200. The standard InChI is InChI=1S/C26H31N3O3.2C2H6/c1-16-11-21-25-19-7-6-8-22(32-15-18-9-10-31-14-18)24(19)27-29(25)13-23(26(3,4)5)28(21)12-20(16)17(2)30;2*1-2/h6-8,11-12,18,23,30H,1-2,9-10,13-15H2,3-5H3;2*1-2H3. The van der Waals surface area contributed by atoms with Crippen molar-refractivity contribution < 1.29 is 14.6 Å². The molecule has 2 atom stereocenters. The van der Waals surface area contributed by atoms with E-state index in [9.17, 15) is 5.11 Å². The van der Waals surface area contributed by atoms with Crippen molar-refractivity contribution in [2.24, 2.45) is 11.3 Å². The van der Waals surface area contributed by atoms with Gasteiger partial charge in [-0.1, -0.05) is 73.8 Å². The van der Waals surface area contributed by atoms with E-state index in [-0.39, 0.29) is 17.2 Å². The van der Waals surface area contributed by atoms with Gasteiger partial charge in [-0.2, -0.15) is 5.10 Å². The van der Waals surface area contributed by atoms with Gasteiger partial charge in [-0.3, -0.25) is 4.68 Å². The summed E-state index contributed by atoms with van der Waals surface area (Å²) < 4.78 is 13.8. The number of allylic oxidation sites excluding steroid dienone is 2. The molecule has 5 rings (SSSR count). The van der Waals surface area contributed by atoms with Gasteiger partial charge in [0.05, 0.1) is 37.2 Å². The molecule has 0 spiro atoms. The summed E-state index contributed by atoms with van der Waals surface area (Å²) in [6.45, 7) is 25.5. The normalized spacial score (nSPS) is 20.8. The number of aromatic nitrogens is 2. The van der Waals surface area contributed by atoms with E-state index in [0.29, 0.717) is 18.1 Å². The third-order valence-electron chi connectivity index (χ3n) is 6.67. The average Bonchev–Trinajstić information content (AvgIpc) is 3.51. The molecule has 1 fully saturated rings. The van der Waals surface area contributed by atoms with Crippen molar-refractivity contribution in [1.82, 2.24) is 14.7 Å². The average molecular weight is 494 g/mol. The second-order valence-corrected chi connectivity index (χ2v) is 10.1. The number of hydrogen-bond acceptors (Lipinski definition) is 5. The topological polar surface area (TPSA) is 59.8 Å². The lowest BCUT2D eigenvalue weighted by Gasteiger charge is -2.46. The molecule has 1 N–H and O–H groups in total. The SMILES string of the molecule is C=C(O)C1=CN2C(=CC1=C)c1c3cccc(OCC4CCOC4)c3nn1CC2C(C)(C)C.CC.CC. The van der Waals surface area contributed by atoms with Gasteiger partial charge in [0.2, 0.25) is 0 Å². The molecule has 1 saturated heterocycles. The first kappa shape index (κ1) is 27.6. The summed E-state index contributed by atoms with van der Waals surface area (Å²) in [6.07, 6.45) is 5.06. The van der Waals surface area contributed by atoms with Gasteiger partial charge in [0.25, 0.3) is 0 Å². The molecular formula is C30H43N3O3. The lowest BCUT2D eigenvalue weighted by Crippen LogP contribution is -2.47. The Bertz CT molecular complexity index is 1160. The predicted octanol–water partition coefficient (Wildman–Crippen LogP) is 7.10. The zero-order valence-electron chi connectivity index (χ0n) is 23.1. The number of aliphatic hydroxyl groups is 1. The Morgan fingerprint density at radius 1 is 1.22 bits per heavy atom. The third kappa shape index (κ3) is 5.24. The summed E-state index contributed by atoms with van der Waals surface area (Å²) in [4.78, 5) is 2.26. The Morgan fingerprint density at radius 2 is 1.94 bits per heavy atom. The van der Waals surface area contributed by atoms with Gasteiger partial charge >= 0.3 is 0 Å². The van der Waals surface area contributed by atoms with Crippen molar-refractivity contribution in [3.63, 3.8) is 0 Å². The van der Waals surface area contributed by atoms with Crippen LogP contribution in [0.2, 0.25) is 0 Å². The number of hydrogen-bond donors (Lipinski definition) is 1. The van der Waals surface area contributed by atoms with E-state index in [4.69, 9.17) is 14.6 Å². The van der Waals surface area contributed by atoms with E-state index >= 15 is 0 Å². The van der Waals surface area contributed by atoms with Gasteiger partial charge in [0.15, 0.2) is 0 Å². The van der Waals surface area contributed by atoms with Crippen molar-refractivity contribution >= 4 is 16.6 Å². The molecule has 6 heteroatoms. The van der Waals surface area contributed by atoms with E-state index in [1.807, 2.05) is 52.1 Å². The maximum atomic E-state index is 10.1. The highest BCUT2D eigenvalue weighted by atomic mass is 16.5. The highest BCUT2D eigenvalue weighted by Crippen LogP contribution is 2.44. The molecule has 0 radical (unpaired) electrons. The molecule has 196 valence electrons. The van der Waals surface area contributed by atoms with E-state index < -0.39 is 0 Å². The van der Waals surface area contributed by atoms with Gasteiger partial charge < -0.3 is 19.5 Å². The molecule has 0 saturated carbocycles. The molecular weight excluding hydrogens is 450 g/mol. The summed E-state index contributed by atoms with van der Waals surface area (Å²) in [6, 6.07) is 6.28. The lowest BCUT2D eigenvalue weighted by molar-refractivity contribution is 0.156.